The first kappa shape index (κ1) is 12.9. The molecule has 1 unspecified atom stereocenters. The van der Waals surface area contributed by atoms with E-state index in [1.807, 2.05) is 6.07 Å². The van der Waals surface area contributed by atoms with Crippen LogP contribution in [0, 0.1) is 11.3 Å². The predicted molar refractivity (Wildman–Crippen MR) is 50.3 cm³/mol. The number of hydrogen-bond donors (Lipinski definition) is 1. The average Bonchev–Trinajstić information content (AvgIpc) is 2.03. The first-order valence-electron chi connectivity index (χ1n) is 4.20. The third-order valence-electron chi connectivity index (χ3n) is 1.79. The van der Waals surface area contributed by atoms with Gasteiger partial charge in [0.25, 0.3) is 0 Å². The van der Waals surface area contributed by atoms with E-state index >= 15 is 0 Å². The van der Waals surface area contributed by atoms with E-state index in [0.717, 1.165) is 0 Å². The Balaban J connectivity index is 4.19. The molecule has 0 aliphatic carbocycles. The molecule has 0 aromatic heterocycles. The van der Waals surface area contributed by atoms with Crippen LogP contribution in [-0.2, 0) is 14.6 Å². The summed E-state index contributed by atoms with van der Waals surface area (Å²) in [7, 11) is -3.36. The van der Waals surface area contributed by atoms with Crippen molar-refractivity contribution in [2.75, 3.05) is 5.75 Å². The fraction of sp³-hybridized carbons (Fsp3) is 0.750. The van der Waals surface area contributed by atoms with Gasteiger partial charge in [-0.15, -0.1) is 0 Å². The van der Waals surface area contributed by atoms with E-state index in [9.17, 15) is 13.2 Å². The number of unbranched alkanes of at least 4 members (excludes halogenated alkanes) is 1. The molecule has 0 bridgehead atoms. The Hall–Kier alpha value is -1.09. The Morgan fingerprint density at radius 2 is 2.14 bits per heavy atom. The summed E-state index contributed by atoms with van der Waals surface area (Å²) < 4.78 is 22.7. The summed E-state index contributed by atoms with van der Waals surface area (Å²) in [4.78, 5) is 10.3. The Morgan fingerprint density at radius 1 is 1.57 bits per heavy atom. The highest BCUT2D eigenvalue weighted by atomic mass is 32.2. The van der Waals surface area contributed by atoms with Crippen molar-refractivity contribution in [3.8, 4) is 6.07 Å². The Labute approximate surface area is 83.3 Å². The summed E-state index contributed by atoms with van der Waals surface area (Å²) in [5, 5.41) is 15.7. The van der Waals surface area contributed by atoms with Crippen molar-refractivity contribution in [2.45, 2.75) is 31.4 Å². The highest BCUT2D eigenvalue weighted by Gasteiger charge is 2.22. The molecule has 1 atom stereocenters. The van der Waals surface area contributed by atoms with Crippen molar-refractivity contribution in [2.24, 2.45) is 0 Å². The predicted octanol–water partition coefficient (Wildman–Crippen LogP) is 0.568. The lowest BCUT2D eigenvalue weighted by molar-refractivity contribution is -0.136. The molecule has 0 aliphatic heterocycles. The lowest BCUT2D eigenvalue weighted by atomic mass is 10.3. The highest BCUT2D eigenvalue weighted by Crippen LogP contribution is 2.08. The van der Waals surface area contributed by atoms with Gasteiger partial charge in [0.05, 0.1) is 23.5 Å². The van der Waals surface area contributed by atoms with Crippen LogP contribution < -0.4 is 0 Å². The van der Waals surface area contributed by atoms with E-state index in [2.05, 4.69) is 0 Å². The molecule has 0 rings (SSSR count). The minimum Gasteiger partial charge on any atom is -0.481 e. The van der Waals surface area contributed by atoms with Crippen LogP contribution in [0.15, 0.2) is 0 Å². The number of carboxylic acids is 1. The fourth-order valence-corrected chi connectivity index (χ4v) is 2.27. The molecule has 5 nitrogen and oxygen atoms in total. The smallest absolute Gasteiger partial charge is 0.304 e. The van der Waals surface area contributed by atoms with E-state index in [1.165, 1.54) is 6.92 Å². The number of aliphatic carboxylic acids is 1. The maximum atomic E-state index is 11.4. The minimum absolute atomic E-state index is 0.116. The molecule has 0 aromatic carbocycles. The quantitative estimate of drug-likeness (QED) is 0.659. The van der Waals surface area contributed by atoms with Crippen molar-refractivity contribution >= 4 is 15.8 Å². The standard InChI is InChI=1S/C8H13NO4S/c1-7(6-8(10)11)14(12,13)5-3-2-4-9/h7H,2-3,5-6H2,1H3,(H,10,11). The van der Waals surface area contributed by atoms with Crippen LogP contribution in [-0.4, -0.2) is 30.5 Å². The van der Waals surface area contributed by atoms with Crippen molar-refractivity contribution in [1.29, 1.82) is 5.26 Å². The van der Waals surface area contributed by atoms with E-state index in [4.69, 9.17) is 10.4 Å². The zero-order chi connectivity index (χ0) is 11.2. The molecule has 0 aliphatic rings. The molecule has 1 N–H and O–H groups in total. The minimum atomic E-state index is -3.36. The Kier molecular flexibility index (Phi) is 5.16. The van der Waals surface area contributed by atoms with Gasteiger partial charge >= 0.3 is 5.97 Å². The number of carbonyl (C=O) groups is 1. The molecule has 6 heteroatoms. The summed E-state index contributed by atoms with van der Waals surface area (Å²) in [6.07, 6.45) is 0.0662. The van der Waals surface area contributed by atoms with Crippen molar-refractivity contribution in [3.63, 3.8) is 0 Å². The summed E-state index contributed by atoms with van der Waals surface area (Å²) in [6, 6.07) is 1.84. The summed E-state index contributed by atoms with van der Waals surface area (Å²) >= 11 is 0. The molecule has 0 saturated heterocycles. The normalized spacial score (nSPS) is 13.1. The average molecular weight is 219 g/mol. The zero-order valence-electron chi connectivity index (χ0n) is 7.93. The van der Waals surface area contributed by atoms with Crippen molar-refractivity contribution in [1.82, 2.24) is 0 Å². The zero-order valence-corrected chi connectivity index (χ0v) is 8.75. The third kappa shape index (κ3) is 4.82. The van der Waals surface area contributed by atoms with Gasteiger partial charge in [0, 0.05) is 6.42 Å². The molecule has 0 saturated carbocycles. The summed E-state index contributed by atoms with van der Waals surface area (Å²) in [5.74, 6) is -1.24. The van der Waals surface area contributed by atoms with E-state index in [0.29, 0.717) is 0 Å². The van der Waals surface area contributed by atoms with Gasteiger partial charge in [0.15, 0.2) is 9.84 Å². The second-order valence-electron chi connectivity index (χ2n) is 3.04. The fourth-order valence-electron chi connectivity index (χ4n) is 0.926. The number of carboxylic acid groups (broad SMARTS) is 1. The lowest BCUT2D eigenvalue weighted by Crippen LogP contribution is -2.23. The van der Waals surface area contributed by atoms with Gasteiger partial charge in [-0.1, -0.05) is 0 Å². The summed E-state index contributed by atoms with van der Waals surface area (Å²) in [6.45, 7) is 1.37. The van der Waals surface area contributed by atoms with Crippen molar-refractivity contribution < 1.29 is 18.3 Å². The molecular formula is C8H13NO4S. The van der Waals surface area contributed by atoms with Gasteiger partial charge in [0.2, 0.25) is 0 Å². The van der Waals surface area contributed by atoms with Crippen molar-refractivity contribution in [3.05, 3.63) is 0 Å². The van der Waals surface area contributed by atoms with Gasteiger partial charge < -0.3 is 5.11 Å². The molecular weight excluding hydrogens is 206 g/mol. The number of sulfone groups is 1. The highest BCUT2D eigenvalue weighted by molar-refractivity contribution is 7.92. The molecule has 0 fully saturated rings. The molecule has 0 radical (unpaired) electrons. The maximum Gasteiger partial charge on any atom is 0.304 e. The molecule has 0 amide bonds. The van der Waals surface area contributed by atoms with Gasteiger partial charge in [-0.3, -0.25) is 4.79 Å². The molecule has 0 heterocycles. The van der Waals surface area contributed by atoms with Gasteiger partial charge in [0.1, 0.15) is 0 Å². The molecule has 0 aromatic rings. The molecule has 80 valence electrons. The number of nitriles is 1. The van der Waals surface area contributed by atoms with E-state index in [-0.39, 0.29) is 25.0 Å². The molecule has 14 heavy (non-hydrogen) atoms. The Bertz CT molecular complexity index is 328. The number of nitrogens with zero attached hydrogens (tertiary/aromatic N) is 1. The number of rotatable bonds is 6. The van der Waals surface area contributed by atoms with Crippen LogP contribution >= 0.6 is 0 Å². The largest absolute Gasteiger partial charge is 0.481 e. The van der Waals surface area contributed by atoms with Crippen LogP contribution in [0.25, 0.3) is 0 Å². The summed E-state index contributed by atoms with van der Waals surface area (Å²) in [5.41, 5.74) is 0. The molecule has 0 spiro atoms. The van der Waals surface area contributed by atoms with Crippen LogP contribution in [0.3, 0.4) is 0 Å². The van der Waals surface area contributed by atoms with Crippen LogP contribution in [0.1, 0.15) is 26.2 Å². The van der Waals surface area contributed by atoms with Gasteiger partial charge in [-0.05, 0) is 13.3 Å². The van der Waals surface area contributed by atoms with Gasteiger partial charge in [-0.2, -0.15) is 5.26 Å². The topological polar surface area (TPSA) is 95.2 Å². The van der Waals surface area contributed by atoms with Crippen LogP contribution in [0.4, 0.5) is 0 Å². The second-order valence-corrected chi connectivity index (χ2v) is 5.58. The lowest BCUT2D eigenvalue weighted by Gasteiger charge is -2.09. The maximum absolute atomic E-state index is 11.4. The Morgan fingerprint density at radius 3 is 2.57 bits per heavy atom. The first-order chi connectivity index (χ1) is 6.40. The van der Waals surface area contributed by atoms with E-state index in [1.54, 1.807) is 0 Å². The van der Waals surface area contributed by atoms with Crippen LogP contribution in [0.5, 0.6) is 0 Å². The van der Waals surface area contributed by atoms with Crippen LogP contribution in [0.2, 0.25) is 0 Å². The van der Waals surface area contributed by atoms with E-state index < -0.39 is 21.1 Å². The third-order valence-corrected chi connectivity index (χ3v) is 4.04. The first-order valence-corrected chi connectivity index (χ1v) is 5.92. The van der Waals surface area contributed by atoms with Gasteiger partial charge in [-0.25, -0.2) is 8.42 Å². The number of hydrogen-bond acceptors (Lipinski definition) is 4. The second kappa shape index (κ2) is 5.60. The SMILES string of the molecule is CC(CC(=O)O)S(=O)(=O)CCCC#N. The monoisotopic (exact) mass is 219 g/mol.